The van der Waals surface area contributed by atoms with Gasteiger partial charge in [-0.05, 0) is 37.6 Å². The quantitative estimate of drug-likeness (QED) is 0.679. The highest BCUT2D eigenvalue weighted by molar-refractivity contribution is 6.33. The van der Waals surface area contributed by atoms with Crippen molar-refractivity contribution in [3.8, 4) is 0 Å². The summed E-state index contributed by atoms with van der Waals surface area (Å²) in [6, 6.07) is 5.75. The molecule has 29 heavy (non-hydrogen) atoms. The van der Waals surface area contributed by atoms with E-state index in [4.69, 9.17) is 11.6 Å². The molecule has 0 unspecified atom stereocenters. The summed E-state index contributed by atoms with van der Waals surface area (Å²) < 4.78 is 13.6. The van der Waals surface area contributed by atoms with E-state index in [2.05, 4.69) is 27.2 Å². The maximum Gasteiger partial charge on any atom is 0.149 e. The van der Waals surface area contributed by atoms with Crippen molar-refractivity contribution in [2.24, 2.45) is 4.99 Å². The van der Waals surface area contributed by atoms with Crippen molar-refractivity contribution >= 4 is 34.5 Å². The lowest BCUT2D eigenvalue weighted by atomic mass is 9.99. The monoisotopic (exact) mass is 409 g/mol. The van der Waals surface area contributed by atoms with Crippen molar-refractivity contribution in [3.05, 3.63) is 76.7 Å². The summed E-state index contributed by atoms with van der Waals surface area (Å²) in [6.07, 6.45) is 9.99. The van der Waals surface area contributed by atoms with Gasteiger partial charge in [0.25, 0.3) is 0 Å². The Bertz CT molecular complexity index is 1050. The van der Waals surface area contributed by atoms with Crippen LogP contribution in [0.15, 0.2) is 65.5 Å². The summed E-state index contributed by atoms with van der Waals surface area (Å²) in [5.74, 6) is 0.910. The molecule has 0 atom stereocenters. The lowest BCUT2D eigenvalue weighted by Gasteiger charge is -2.31. The Morgan fingerprint density at radius 3 is 2.83 bits per heavy atom. The number of hydrogen-bond donors (Lipinski definition) is 1. The van der Waals surface area contributed by atoms with E-state index >= 15 is 0 Å². The van der Waals surface area contributed by atoms with Crippen LogP contribution in [0.3, 0.4) is 0 Å². The standard InChI is InChI=1S/C22H21ClFN5/c1-3-4-20-18(13-26-21-10-16(24)7-8-29(20)21)15-9-19(23)22(27-11-15)28-17-6-5-14(2)25-12-17/h5-12H,3-4,13H2,1-2H3,(H,27,28). The van der Waals surface area contributed by atoms with Gasteiger partial charge in [-0.25, -0.2) is 9.37 Å². The van der Waals surface area contributed by atoms with E-state index in [0.717, 1.165) is 41.1 Å². The smallest absolute Gasteiger partial charge is 0.149 e. The zero-order chi connectivity index (χ0) is 20.4. The molecule has 1 N–H and O–H groups in total. The number of nitrogens with one attached hydrogen (secondary N) is 1. The molecule has 4 rings (SSSR count). The lowest BCUT2D eigenvalue weighted by Crippen LogP contribution is -2.30. The van der Waals surface area contributed by atoms with Crippen LogP contribution in [0.2, 0.25) is 5.02 Å². The number of anilines is 2. The molecule has 5 nitrogen and oxygen atoms in total. The Kier molecular flexibility index (Phi) is 5.45. The van der Waals surface area contributed by atoms with Crippen molar-refractivity contribution in [2.75, 3.05) is 11.9 Å². The number of hydrogen-bond acceptors (Lipinski definition) is 5. The third-order valence-corrected chi connectivity index (χ3v) is 5.07. The summed E-state index contributed by atoms with van der Waals surface area (Å²) in [4.78, 5) is 15.3. The van der Waals surface area contributed by atoms with Gasteiger partial charge in [-0.3, -0.25) is 9.98 Å². The van der Waals surface area contributed by atoms with Crippen LogP contribution in [0, 0.1) is 6.92 Å². The van der Waals surface area contributed by atoms with E-state index in [1.54, 1.807) is 18.6 Å². The molecule has 0 radical (unpaired) electrons. The van der Waals surface area contributed by atoms with Gasteiger partial charge in [0.15, 0.2) is 0 Å². The van der Waals surface area contributed by atoms with Gasteiger partial charge < -0.3 is 10.2 Å². The molecule has 2 aliphatic heterocycles. The second-order valence-corrected chi connectivity index (χ2v) is 7.34. The minimum atomic E-state index is -0.287. The van der Waals surface area contributed by atoms with E-state index in [0.29, 0.717) is 23.2 Å². The van der Waals surface area contributed by atoms with Gasteiger partial charge in [0.1, 0.15) is 17.5 Å². The molecule has 2 aromatic rings. The Morgan fingerprint density at radius 1 is 1.24 bits per heavy atom. The Morgan fingerprint density at radius 2 is 2.10 bits per heavy atom. The van der Waals surface area contributed by atoms with Crippen LogP contribution in [0.25, 0.3) is 5.57 Å². The maximum absolute atomic E-state index is 13.6. The second-order valence-electron chi connectivity index (χ2n) is 6.93. The van der Waals surface area contributed by atoms with Crippen LogP contribution in [0.5, 0.6) is 0 Å². The number of halogens is 2. The Hall–Kier alpha value is -2.99. The number of fused-ring (bicyclic) bond motifs is 1. The third-order valence-electron chi connectivity index (χ3n) is 4.79. The van der Waals surface area contributed by atoms with Gasteiger partial charge in [-0.2, -0.15) is 0 Å². The van der Waals surface area contributed by atoms with Gasteiger partial charge in [-0.1, -0.05) is 24.9 Å². The molecule has 148 valence electrons. The molecule has 0 aliphatic carbocycles. The number of aryl methyl sites for hydroxylation is 1. The fourth-order valence-corrected chi connectivity index (χ4v) is 3.56. The summed E-state index contributed by atoms with van der Waals surface area (Å²) >= 11 is 6.52. The number of nitrogens with zero attached hydrogens (tertiary/aromatic N) is 4. The van der Waals surface area contributed by atoms with Gasteiger partial charge in [-0.15, -0.1) is 0 Å². The molecule has 0 amide bonds. The molecule has 2 aliphatic rings. The molecule has 0 aromatic carbocycles. The fraction of sp³-hybridized carbons (Fsp3) is 0.227. The number of aliphatic imine (C=N–C) groups is 1. The first-order chi connectivity index (χ1) is 14.0. The second kappa shape index (κ2) is 8.17. The number of aromatic nitrogens is 2. The number of pyridine rings is 2. The van der Waals surface area contributed by atoms with E-state index in [-0.39, 0.29) is 5.83 Å². The Balaban J connectivity index is 1.65. The minimum absolute atomic E-state index is 0.287. The normalized spacial score (nSPS) is 15.8. The zero-order valence-corrected chi connectivity index (χ0v) is 17.0. The molecule has 0 spiro atoms. The van der Waals surface area contributed by atoms with Crippen LogP contribution in [0.4, 0.5) is 15.9 Å². The SMILES string of the molecule is CCCC1=C(c2cnc(Nc3ccc(C)nc3)c(Cl)c2)CN=C2C=C(F)C=CN21. The maximum atomic E-state index is 13.6. The van der Waals surface area contributed by atoms with Gasteiger partial charge in [0.2, 0.25) is 0 Å². The van der Waals surface area contributed by atoms with Gasteiger partial charge >= 0.3 is 0 Å². The third kappa shape index (κ3) is 4.07. The summed E-state index contributed by atoms with van der Waals surface area (Å²) in [5, 5.41) is 3.71. The van der Waals surface area contributed by atoms with Crippen molar-refractivity contribution < 1.29 is 4.39 Å². The first-order valence-corrected chi connectivity index (χ1v) is 9.89. The largest absolute Gasteiger partial charge is 0.338 e. The van der Waals surface area contributed by atoms with Crippen molar-refractivity contribution in [3.63, 3.8) is 0 Å². The number of rotatable bonds is 5. The van der Waals surface area contributed by atoms with Crippen LogP contribution >= 0.6 is 11.6 Å². The van der Waals surface area contributed by atoms with Crippen LogP contribution in [-0.4, -0.2) is 27.2 Å². The first kappa shape index (κ1) is 19.3. The van der Waals surface area contributed by atoms with Crippen molar-refractivity contribution in [1.29, 1.82) is 0 Å². The summed E-state index contributed by atoms with van der Waals surface area (Å²) in [6.45, 7) is 4.52. The number of allylic oxidation sites excluding steroid dienone is 3. The van der Waals surface area contributed by atoms with Crippen LogP contribution < -0.4 is 5.32 Å². The van der Waals surface area contributed by atoms with E-state index < -0.39 is 0 Å². The molecular formula is C22H21ClFN5. The highest BCUT2D eigenvalue weighted by atomic mass is 35.5. The molecule has 4 heterocycles. The molecule has 0 fully saturated rings. The molecule has 2 aromatic heterocycles. The molecule has 0 saturated carbocycles. The average Bonchev–Trinajstić information content (AvgIpc) is 2.71. The summed E-state index contributed by atoms with van der Waals surface area (Å²) in [5.41, 5.74) is 4.83. The van der Waals surface area contributed by atoms with E-state index in [1.165, 1.54) is 12.2 Å². The topological polar surface area (TPSA) is 53.4 Å². The van der Waals surface area contributed by atoms with Gasteiger partial charge in [0, 0.05) is 41.0 Å². The van der Waals surface area contributed by atoms with Gasteiger partial charge in [0.05, 0.1) is 23.5 Å². The minimum Gasteiger partial charge on any atom is -0.338 e. The van der Waals surface area contributed by atoms with E-state index in [1.807, 2.05) is 30.0 Å². The van der Waals surface area contributed by atoms with E-state index in [9.17, 15) is 4.39 Å². The Labute approximate surface area is 174 Å². The molecular weight excluding hydrogens is 389 g/mol. The highest BCUT2D eigenvalue weighted by Gasteiger charge is 2.24. The highest BCUT2D eigenvalue weighted by Crippen LogP contribution is 2.34. The lowest BCUT2D eigenvalue weighted by molar-refractivity contribution is 0.597. The van der Waals surface area contributed by atoms with Crippen LogP contribution in [-0.2, 0) is 0 Å². The van der Waals surface area contributed by atoms with Crippen LogP contribution in [0.1, 0.15) is 31.0 Å². The molecule has 0 bridgehead atoms. The first-order valence-electron chi connectivity index (χ1n) is 9.52. The van der Waals surface area contributed by atoms with Crippen molar-refractivity contribution in [1.82, 2.24) is 14.9 Å². The number of amidine groups is 1. The molecule has 0 saturated heterocycles. The average molecular weight is 410 g/mol. The predicted octanol–water partition coefficient (Wildman–Crippen LogP) is 5.79. The van der Waals surface area contributed by atoms with Crippen molar-refractivity contribution in [2.45, 2.75) is 26.7 Å². The molecule has 7 heteroatoms. The predicted molar refractivity (Wildman–Crippen MR) is 116 cm³/mol. The summed E-state index contributed by atoms with van der Waals surface area (Å²) in [7, 11) is 0. The fourth-order valence-electron chi connectivity index (χ4n) is 3.35. The zero-order valence-electron chi connectivity index (χ0n) is 16.3.